The number of carbonyl (C=O) groups excluding carboxylic acids is 3. The van der Waals surface area contributed by atoms with Crippen LogP contribution in [0.25, 0.3) is 0 Å². The van der Waals surface area contributed by atoms with E-state index in [4.69, 9.17) is 11.6 Å². The second-order valence-corrected chi connectivity index (χ2v) is 9.96. The summed E-state index contributed by atoms with van der Waals surface area (Å²) in [5.74, 6) is -4.65. The van der Waals surface area contributed by atoms with E-state index >= 15 is 0 Å². The fraction of sp³-hybridized carbons (Fsp3) is 0.286. The molecule has 33 heavy (non-hydrogen) atoms. The summed E-state index contributed by atoms with van der Waals surface area (Å²) in [7, 11) is -2.79. The second-order valence-electron chi connectivity index (χ2n) is 7.36. The number of amides is 2. The van der Waals surface area contributed by atoms with Crippen molar-refractivity contribution < 1.29 is 36.3 Å². The van der Waals surface area contributed by atoms with Gasteiger partial charge < -0.3 is 15.4 Å². The number of benzene rings is 2. The van der Waals surface area contributed by atoms with E-state index in [9.17, 15) is 31.6 Å². The van der Waals surface area contributed by atoms with Crippen molar-refractivity contribution >= 4 is 44.9 Å². The molecule has 8 nitrogen and oxygen atoms in total. The van der Waals surface area contributed by atoms with Crippen LogP contribution in [0.3, 0.4) is 0 Å². The zero-order valence-corrected chi connectivity index (χ0v) is 18.8. The number of sulfone groups is 1. The standard InChI is InChI=1S/C21H19ClF2N2O6S/c1-32-19(27)10-25-20(28)12-6-14(7-12)33(30,31)18-8-11(2-4-15(18)22)21(29)26-13-3-5-16(23)17(24)9-13/h2-5,8-9,12,14H,6-7,10H2,1H3,(H,25,28)(H,26,29)/t12-,14+. The Morgan fingerprint density at radius 3 is 2.42 bits per heavy atom. The predicted octanol–water partition coefficient (Wildman–Crippen LogP) is 2.71. The molecular weight excluding hydrogens is 482 g/mol. The minimum atomic E-state index is -3.97. The number of nitrogens with one attached hydrogen (secondary N) is 2. The number of rotatable bonds is 7. The van der Waals surface area contributed by atoms with Crippen LogP contribution in [0.1, 0.15) is 23.2 Å². The first-order valence-electron chi connectivity index (χ1n) is 9.67. The monoisotopic (exact) mass is 500 g/mol. The third kappa shape index (κ3) is 5.48. The van der Waals surface area contributed by atoms with Crippen molar-refractivity contribution in [2.75, 3.05) is 19.0 Å². The molecule has 1 aliphatic carbocycles. The molecular formula is C21H19ClF2N2O6S. The average molecular weight is 501 g/mol. The molecule has 2 aromatic rings. The Hall–Kier alpha value is -3.05. The lowest BCUT2D eigenvalue weighted by molar-refractivity contribution is -0.142. The maximum atomic E-state index is 13.4. The van der Waals surface area contributed by atoms with E-state index in [1.165, 1.54) is 19.2 Å². The van der Waals surface area contributed by atoms with Crippen LogP contribution < -0.4 is 10.6 Å². The van der Waals surface area contributed by atoms with Gasteiger partial charge in [0.05, 0.1) is 22.3 Å². The van der Waals surface area contributed by atoms with Gasteiger partial charge in [0.1, 0.15) is 6.54 Å². The third-order valence-corrected chi connectivity index (χ3v) is 7.87. The molecule has 1 saturated carbocycles. The van der Waals surface area contributed by atoms with E-state index < -0.39 is 50.4 Å². The Labute approximate surface area is 193 Å². The number of hydrogen-bond acceptors (Lipinski definition) is 6. The van der Waals surface area contributed by atoms with Crippen LogP contribution in [0.5, 0.6) is 0 Å². The molecule has 2 aromatic carbocycles. The molecule has 0 bridgehead atoms. The highest BCUT2D eigenvalue weighted by atomic mass is 35.5. The minimum Gasteiger partial charge on any atom is -0.468 e. The quantitative estimate of drug-likeness (QED) is 0.564. The predicted molar refractivity (Wildman–Crippen MR) is 114 cm³/mol. The fourth-order valence-electron chi connectivity index (χ4n) is 3.23. The molecule has 0 radical (unpaired) electrons. The Kier molecular flexibility index (Phi) is 7.33. The van der Waals surface area contributed by atoms with Gasteiger partial charge in [-0.05, 0) is 43.2 Å². The summed E-state index contributed by atoms with van der Waals surface area (Å²) in [5, 5.41) is 3.74. The molecule has 176 valence electrons. The van der Waals surface area contributed by atoms with Crippen LogP contribution in [0.4, 0.5) is 14.5 Å². The van der Waals surface area contributed by atoms with E-state index in [1.807, 2.05) is 0 Å². The number of esters is 1. The zero-order chi connectivity index (χ0) is 24.3. The van der Waals surface area contributed by atoms with Gasteiger partial charge in [0, 0.05) is 23.2 Å². The van der Waals surface area contributed by atoms with Crippen LogP contribution in [0, 0.1) is 17.6 Å². The van der Waals surface area contributed by atoms with Crippen molar-refractivity contribution in [1.29, 1.82) is 0 Å². The van der Waals surface area contributed by atoms with Gasteiger partial charge >= 0.3 is 5.97 Å². The molecule has 0 atom stereocenters. The van der Waals surface area contributed by atoms with Gasteiger partial charge in [-0.25, -0.2) is 17.2 Å². The summed E-state index contributed by atoms with van der Waals surface area (Å²) in [6.45, 7) is -0.315. The number of anilines is 1. The summed E-state index contributed by atoms with van der Waals surface area (Å²) >= 11 is 6.08. The summed E-state index contributed by atoms with van der Waals surface area (Å²) in [6, 6.07) is 6.42. The van der Waals surface area contributed by atoms with Crippen molar-refractivity contribution in [1.82, 2.24) is 5.32 Å². The van der Waals surface area contributed by atoms with Crippen LogP contribution in [0.2, 0.25) is 5.02 Å². The molecule has 0 spiro atoms. The normalized spacial score (nSPS) is 17.6. The Bertz CT molecular complexity index is 1220. The van der Waals surface area contributed by atoms with Gasteiger partial charge in [0.25, 0.3) is 5.91 Å². The maximum Gasteiger partial charge on any atom is 0.325 e. The third-order valence-electron chi connectivity index (χ3n) is 5.22. The lowest BCUT2D eigenvalue weighted by Gasteiger charge is -2.33. The van der Waals surface area contributed by atoms with Gasteiger partial charge in [0.2, 0.25) is 5.91 Å². The molecule has 0 aromatic heterocycles. The van der Waals surface area contributed by atoms with E-state index in [0.717, 1.165) is 24.3 Å². The molecule has 1 aliphatic rings. The number of hydrogen-bond donors (Lipinski definition) is 2. The summed E-state index contributed by atoms with van der Waals surface area (Å²) in [5.41, 5.74) is -0.0764. The van der Waals surface area contributed by atoms with Crippen molar-refractivity contribution in [2.45, 2.75) is 23.0 Å². The summed E-state index contributed by atoms with van der Waals surface area (Å²) in [6.07, 6.45) is 0.0495. The first-order chi connectivity index (χ1) is 15.5. The average Bonchev–Trinajstić information content (AvgIpc) is 2.73. The van der Waals surface area contributed by atoms with E-state index in [-0.39, 0.29) is 40.6 Å². The molecule has 0 heterocycles. The molecule has 0 aliphatic heterocycles. The van der Waals surface area contributed by atoms with Crippen LogP contribution in [0.15, 0.2) is 41.3 Å². The smallest absolute Gasteiger partial charge is 0.325 e. The van der Waals surface area contributed by atoms with Gasteiger partial charge in [-0.2, -0.15) is 0 Å². The molecule has 3 rings (SSSR count). The number of ether oxygens (including phenoxy) is 1. The molecule has 0 saturated heterocycles. The van der Waals surface area contributed by atoms with Crippen LogP contribution in [-0.2, 0) is 24.2 Å². The highest BCUT2D eigenvalue weighted by Gasteiger charge is 2.43. The first-order valence-corrected chi connectivity index (χ1v) is 11.6. The largest absolute Gasteiger partial charge is 0.468 e. The SMILES string of the molecule is COC(=O)CNC(=O)[C@H]1C[C@@H](S(=O)(=O)c2cc(C(=O)Nc3ccc(F)c(F)c3)ccc2Cl)C1. The van der Waals surface area contributed by atoms with Crippen LogP contribution in [-0.4, -0.2) is 45.1 Å². The maximum absolute atomic E-state index is 13.4. The lowest BCUT2D eigenvalue weighted by atomic mass is 9.84. The summed E-state index contributed by atoms with van der Waals surface area (Å²) in [4.78, 5) is 35.4. The number of halogens is 3. The van der Waals surface area contributed by atoms with Crippen LogP contribution >= 0.6 is 11.6 Å². The van der Waals surface area contributed by atoms with Crippen molar-refractivity contribution in [3.8, 4) is 0 Å². The first kappa shape index (κ1) is 24.6. The molecule has 12 heteroatoms. The molecule has 0 unspecified atom stereocenters. The lowest BCUT2D eigenvalue weighted by Crippen LogP contribution is -2.45. The number of methoxy groups -OCH3 is 1. The molecule has 1 fully saturated rings. The van der Waals surface area contributed by atoms with Gasteiger partial charge in [-0.3, -0.25) is 14.4 Å². The van der Waals surface area contributed by atoms with E-state index in [0.29, 0.717) is 0 Å². The fourth-order valence-corrected chi connectivity index (χ4v) is 5.63. The highest BCUT2D eigenvalue weighted by molar-refractivity contribution is 7.92. The van der Waals surface area contributed by atoms with Crippen molar-refractivity contribution in [3.63, 3.8) is 0 Å². The van der Waals surface area contributed by atoms with E-state index in [2.05, 4.69) is 15.4 Å². The summed E-state index contributed by atoms with van der Waals surface area (Å²) < 4.78 is 56.9. The molecule has 2 N–H and O–H groups in total. The van der Waals surface area contributed by atoms with E-state index in [1.54, 1.807) is 0 Å². The Morgan fingerprint density at radius 2 is 1.79 bits per heavy atom. The zero-order valence-electron chi connectivity index (χ0n) is 17.2. The van der Waals surface area contributed by atoms with Gasteiger partial charge in [-0.15, -0.1) is 0 Å². The van der Waals surface area contributed by atoms with Crippen molar-refractivity contribution in [3.05, 3.63) is 58.6 Å². The second kappa shape index (κ2) is 9.84. The number of carbonyl (C=O) groups is 3. The van der Waals surface area contributed by atoms with Gasteiger partial charge in [-0.1, -0.05) is 11.6 Å². The Balaban J connectivity index is 1.70. The topological polar surface area (TPSA) is 119 Å². The molecule has 2 amide bonds. The minimum absolute atomic E-state index is 0.0157. The Morgan fingerprint density at radius 1 is 1.09 bits per heavy atom. The highest BCUT2D eigenvalue weighted by Crippen LogP contribution is 2.38. The van der Waals surface area contributed by atoms with Crippen molar-refractivity contribution in [2.24, 2.45) is 5.92 Å². The van der Waals surface area contributed by atoms with Gasteiger partial charge in [0.15, 0.2) is 21.5 Å².